The molecule has 2 aromatic carbocycles. The number of amides is 2. The Labute approximate surface area is 307 Å². The second kappa shape index (κ2) is 18.7. The van der Waals surface area contributed by atoms with Crippen molar-refractivity contribution >= 4 is 40.0 Å². The Kier molecular flexibility index (Phi) is 14.4. The van der Waals surface area contributed by atoms with Gasteiger partial charge in [-0.1, -0.05) is 104 Å². The molecular weight excluding hydrogens is 659 g/mol. The summed E-state index contributed by atoms with van der Waals surface area (Å²) in [6.45, 7) is 17.2. The first-order valence-electron chi connectivity index (χ1n) is 18.5. The van der Waals surface area contributed by atoms with Gasteiger partial charge in [-0.25, -0.2) is 4.68 Å². The molecule has 0 spiro atoms. The van der Waals surface area contributed by atoms with Crippen LogP contribution in [0, 0.1) is 0 Å². The second-order valence-electron chi connectivity index (χ2n) is 14.0. The first-order valence-corrected chi connectivity index (χ1v) is 19.2. The molecule has 2 amide bonds. The van der Waals surface area contributed by atoms with Crippen LogP contribution in [0.5, 0.6) is 0 Å². The number of anilines is 1. The van der Waals surface area contributed by atoms with Crippen LogP contribution >= 0.6 is 11.5 Å². The van der Waals surface area contributed by atoms with Crippen molar-refractivity contribution in [3.63, 3.8) is 0 Å². The van der Waals surface area contributed by atoms with E-state index in [0.29, 0.717) is 65.3 Å². The van der Waals surface area contributed by atoms with Gasteiger partial charge >= 0.3 is 0 Å². The van der Waals surface area contributed by atoms with Crippen LogP contribution < -0.4 is 5.73 Å². The summed E-state index contributed by atoms with van der Waals surface area (Å²) in [6, 6.07) is 15.0. The SMILES string of the molecule is CCCCN(CCCC)C(=O)c1cc(C(=O)N(CCCC)CCCC)cc(-n2nc(C(C)(C)C)c(N=Nc3nc(-c4ccccc4)ns3)c2N)c1. The Balaban J connectivity index is 1.83. The van der Waals surface area contributed by atoms with Gasteiger partial charge in [-0.2, -0.15) is 14.5 Å². The van der Waals surface area contributed by atoms with E-state index >= 15 is 0 Å². The second-order valence-corrected chi connectivity index (χ2v) is 14.7. The minimum atomic E-state index is -0.454. The van der Waals surface area contributed by atoms with Gasteiger partial charge in [-0.15, -0.1) is 10.2 Å². The zero-order chi connectivity index (χ0) is 37.0. The lowest BCUT2D eigenvalue weighted by Gasteiger charge is -2.25. The lowest BCUT2D eigenvalue weighted by atomic mass is 9.91. The van der Waals surface area contributed by atoms with Gasteiger partial charge in [0.15, 0.2) is 17.3 Å². The summed E-state index contributed by atoms with van der Waals surface area (Å²) in [5, 5.41) is 14.4. The summed E-state index contributed by atoms with van der Waals surface area (Å²) in [4.78, 5) is 36.8. The fourth-order valence-electron chi connectivity index (χ4n) is 5.65. The lowest BCUT2D eigenvalue weighted by molar-refractivity contribution is 0.0749. The van der Waals surface area contributed by atoms with Gasteiger partial charge in [0.1, 0.15) is 0 Å². The molecule has 2 N–H and O–H groups in total. The van der Waals surface area contributed by atoms with Crippen molar-refractivity contribution in [2.75, 3.05) is 31.9 Å². The van der Waals surface area contributed by atoms with Crippen molar-refractivity contribution in [1.29, 1.82) is 0 Å². The molecule has 0 unspecified atom stereocenters. The molecule has 0 aliphatic rings. The normalized spacial score (nSPS) is 11.7. The highest BCUT2D eigenvalue weighted by Gasteiger charge is 2.28. The molecule has 0 bridgehead atoms. The van der Waals surface area contributed by atoms with E-state index in [0.717, 1.165) is 68.5 Å². The van der Waals surface area contributed by atoms with Gasteiger partial charge in [0.25, 0.3) is 11.8 Å². The number of aromatic nitrogens is 4. The molecule has 12 heteroatoms. The highest BCUT2D eigenvalue weighted by Crippen LogP contribution is 2.38. The zero-order valence-electron chi connectivity index (χ0n) is 31.5. The van der Waals surface area contributed by atoms with Gasteiger partial charge in [-0.05, 0) is 43.9 Å². The highest BCUT2D eigenvalue weighted by molar-refractivity contribution is 7.09. The Hall–Kier alpha value is -4.45. The Morgan fingerprint density at radius 1 is 0.784 bits per heavy atom. The number of hydrogen-bond acceptors (Lipinski definition) is 9. The summed E-state index contributed by atoms with van der Waals surface area (Å²) in [5.41, 5.74) is 9.72. The quantitative estimate of drug-likeness (QED) is 0.102. The predicted octanol–water partition coefficient (Wildman–Crippen LogP) is 9.77. The number of hydrogen-bond donors (Lipinski definition) is 1. The van der Waals surface area contributed by atoms with Crippen molar-refractivity contribution < 1.29 is 9.59 Å². The Morgan fingerprint density at radius 3 is 1.76 bits per heavy atom. The molecule has 0 fully saturated rings. The number of azo groups is 1. The van der Waals surface area contributed by atoms with Crippen LogP contribution in [0.1, 0.15) is 126 Å². The molecule has 2 heterocycles. The number of benzene rings is 2. The van der Waals surface area contributed by atoms with E-state index in [1.54, 1.807) is 22.9 Å². The van der Waals surface area contributed by atoms with Crippen molar-refractivity contribution in [3.8, 4) is 17.1 Å². The van der Waals surface area contributed by atoms with Crippen molar-refractivity contribution in [2.45, 2.75) is 105 Å². The average molecular weight is 714 g/mol. The number of carbonyl (C=O) groups is 2. The average Bonchev–Trinajstić information content (AvgIpc) is 3.75. The van der Waals surface area contributed by atoms with Crippen LogP contribution in [-0.2, 0) is 5.41 Å². The number of rotatable bonds is 18. The third kappa shape index (κ3) is 10.3. The van der Waals surface area contributed by atoms with Gasteiger partial charge in [0.05, 0.1) is 11.4 Å². The summed E-state index contributed by atoms with van der Waals surface area (Å²) in [6.07, 6.45) is 7.52. The van der Waals surface area contributed by atoms with E-state index < -0.39 is 5.41 Å². The molecular formula is C39H55N9O2S. The van der Waals surface area contributed by atoms with Crippen molar-refractivity contribution in [1.82, 2.24) is 28.9 Å². The summed E-state index contributed by atoms with van der Waals surface area (Å²) >= 11 is 1.15. The van der Waals surface area contributed by atoms with E-state index in [9.17, 15) is 9.59 Å². The van der Waals surface area contributed by atoms with Gasteiger partial charge in [-0.3, -0.25) is 9.59 Å². The lowest BCUT2D eigenvalue weighted by Crippen LogP contribution is -2.35. The maximum Gasteiger partial charge on any atom is 0.253 e. The molecule has 0 atom stereocenters. The molecule has 4 rings (SSSR count). The summed E-state index contributed by atoms with van der Waals surface area (Å²) in [7, 11) is 0. The zero-order valence-corrected chi connectivity index (χ0v) is 32.3. The van der Waals surface area contributed by atoms with Crippen LogP contribution in [-0.4, -0.2) is 66.9 Å². The molecule has 2 aromatic heterocycles. The number of unbranched alkanes of at least 4 members (excludes halogenated alkanes) is 4. The predicted molar refractivity (Wildman–Crippen MR) is 208 cm³/mol. The van der Waals surface area contributed by atoms with Crippen LogP contribution in [0.3, 0.4) is 0 Å². The molecule has 0 aliphatic heterocycles. The van der Waals surface area contributed by atoms with Gasteiger partial charge in [0, 0.05) is 59.8 Å². The smallest absolute Gasteiger partial charge is 0.253 e. The number of nitrogens with zero attached hydrogens (tertiary/aromatic N) is 8. The van der Waals surface area contributed by atoms with Crippen LogP contribution in [0.25, 0.3) is 17.1 Å². The Bertz CT molecular complexity index is 1690. The van der Waals surface area contributed by atoms with Gasteiger partial charge < -0.3 is 15.5 Å². The van der Waals surface area contributed by atoms with Crippen LogP contribution in [0.2, 0.25) is 0 Å². The topological polar surface area (TPSA) is 135 Å². The number of nitrogens with two attached hydrogens (primary N) is 1. The fraction of sp³-hybridized carbons (Fsp3) is 0.513. The van der Waals surface area contributed by atoms with E-state index in [-0.39, 0.29) is 17.6 Å². The van der Waals surface area contributed by atoms with Gasteiger partial charge in [0.2, 0.25) is 5.13 Å². The third-order valence-corrected chi connectivity index (χ3v) is 9.25. The summed E-state index contributed by atoms with van der Waals surface area (Å²) in [5.74, 6) is 0.621. The third-order valence-electron chi connectivity index (χ3n) is 8.65. The minimum absolute atomic E-state index is 0.103. The van der Waals surface area contributed by atoms with E-state index in [1.807, 2.05) is 60.9 Å². The molecule has 51 heavy (non-hydrogen) atoms. The highest BCUT2D eigenvalue weighted by atomic mass is 32.1. The van der Waals surface area contributed by atoms with Crippen LogP contribution in [0.4, 0.5) is 16.6 Å². The largest absolute Gasteiger partial charge is 0.382 e. The fourth-order valence-corrected chi connectivity index (χ4v) is 6.17. The standard InChI is InChI=1S/C39H55N9O2S/c1-8-12-21-46(22-13-9-2)36(49)29-25-30(37(50)47(23-14-10-3)24-15-11-4)27-31(26-29)48-34(40)32(33(44-48)39(5,6)7)42-43-38-41-35(45-51-38)28-19-17-16-18-20-28/h16-20,25-27H,8-15,21-24,40H2,1-7H3. The molecule has 0 aliphatic carbocycles. The van der Waals surface area contributed by atoms with E-state index in [4.69, 9.17) is 10.8 Å². The van der Waals surface area contributed by atoms with Crippen molar-refractivity contribution in [3.05, 3.63) is 65.4 Å². The summed E-state index contributed by atoms with van der Waals surface area (Å²) < 4.78 is 6.04. The molecule has 0 radical (unpaired) electrons. The minimum Gasteiger partial charge on any atom is -0.382 e. The molecule has 11 nitrogen and oxygen atoms in total. The first kappa shape index (κ1) is 39.3. The monoisotopic (exact) mass is 713 g/mol. The Morgan fingerprint density at radius 2 is 1.29 bits per heavy atom. The maximum atomic E-state index is 14.2. The molecule has 274 valence electrons. The number of carbonyl (C=O) groups excluding carboxylic acids is 2. The van der Waals surface area contributed by atoms with Crippen molar-refractivity contribution in [2.24, 2.45) is 10.2 Å². The number of nitrogen functional groups attached to an aromatic ring is 1. The van der Waals surface area contributed by atoms with E-state index in [2.05, 4.69) is 47.3 Å². The van der Waals surface area contributed by atoms with Crippen LogP contribution in [0.15, 0.2) is 58.8 Å². The maximum absolute atomic E-state index is 14.2. The first-order chi connectivity index (χ1) is 24.5. The van der Waals surface area contributed by atoms with E-state index in [1.165, 1.54) is 0 Å². The molecule has 0 saturated carbocycles. The molecule has 0 saturated heterocycles. The molecule has 4 aromatic rings.